The number of fused-ring (bicyclic) bond motifs is 1. The number of imide groups is 1. The van der Waals surface area contributed by atoms with E-state index in [1.165, 1.54) is 0 Å². The van der Waals surface area contributed by atoms with Gasteiger partial charge in [0.15, 0.2) is 0 Å². The zero-order valence-corrected chi connectivity index (χ0v) is 11.2. The van der Waals surface area contributed by atoms with Crippen LogP contribution in [0.4, 0.5) is 5.69 Å². The summed E-state index contributed by atoms with van der Waals surface area (Å²) in [5, 5.41) is 14.8. The van der Waals surface area contributed by atoms with Crippen molar-refractivity contribution >= 4 is 17.5 Å². The Morgan fingerprint density at radius 1 is 0.952 bits per heavy atom. The van der Waals surface area contributed by atoms with Gasteiger partial charge in [-0.05, 0) is 23.3 Å². The monoisotopic (exact) mass is 282 g/mol. The fourth-order valence-electron chi connectivity index (χ4n) is 2.44. The van der Waals surface area contributed by atoms with Gasteiger partial charge in [0.1, 0.15) is 0 Å². The fraction of sp³-hybridized carbons (Fsp3) is 0.125. The number of amides is 2. The summed E-state index contributed by atoms with van der Waals surface area (Å²) in [4.78, 5) is 23.4. The Hall–Kier alpha value is -2.66. The molecule has 0 saturated carbocycles. The Kier molecular flexibility index (Phi) is 3.41. The molecule has 0 fully saturated rings. The first-order valence-electron chi connectivity index (χ1n) is 6.61. The Labute approximate surface area is 121 Å². The molecular weight excluding hydrogens is 268 g/mol. The van der Waals surface area contributed by atoms with E-state index < -0.39 is 0 Å². The average molecular weight is 282 g/mol. The van der Waals surface area contributed by atoms with Gasteiger partial charge in [0.05, 0.1) is 17.7 Å². The summed E-state index contributed by atoms with van der Waals surface area (Å²) in [7, 11) is 0. The highest BCUT2D eigenvalue weighted by Gasteiger charge is 2.29. The molecule has 2 amide bonds. The van der Waals surface area contributed by atoms with Gasteiger partial charge in [0, 0.05) is 12.2 Å². The van der Waals surface area contributed by atoms with Gasteiger partial charge in [0.25, 0.3) is 11.8 Å². The van der Waals surface area contributed by atoms with Gasteiger partial charge in [0.2, 0.25) is 0 Å². The lowest BCUT2D eigenvalue weighted by atomic mass is 10.1. The molecule has 5 heteroatoms. The van der Waals surface area contributed by atoms with Crippen LogP contribution in [0.2, 0.25) is 0 Å². The molecule has 5 nitrogen and oxygen atoms in total. The number of nitrogens with one attached hydrogen (secondary N) is 2. The molecule has 2 aromatic carbocycles. The van der Waals surface area contributed by atoms with E-state index in [2.05, 4.69) is 10.6 Å². The highest BCUT2D eigenvalue weighted by molar-refractivity contribution is 6.23. The van der Waals surface area contributed by atoms with Crippen LogP contribution in [-0.4, -0.2) is 16.9 Å². The number of carbonyl (C=O) groups is 2. The molecule has 0 spiro atoms. The molecule has 2 aromatic rings. The SMILES string of the molecule is O=C1NC(=O)c2c(NCc3ccccc3CO)cccc21. The molecule has 21 heavy (non-hydrogen) atoms. The van der Waals surface area contributed by atoms with Gasteiger partial charge < -0.3 is 10.4 Å². The first-order chi connectivity index (χ1) is 10.2. The summed E-state index contributed by atoms with van der Waals surface area (Å²) < 4.78 is 0. The number of carbonyl (C=O) groups excluding carboxylic acids is 2. The molecule has 0 saturated heterocycles. The topological polar surface area (TPSA) is 78.4 Å². The van der Waals surface area contributed by atoms with Crippen molar-refractivity contribution in [2.75, 3.05) is 5.32 Å². The van der Waals surface area contributed by atoms with Crippen molar-refractivity contribution in [2.24, 2.45) is 0 Å². The number of aliphatic hydroxyl groups excluding tert-OH is 1. The Morgan fingerprint density at radius 2 is 1.71 bits per heavy atom. The third-order valence-electron chi connectivity index (χ3n) is 3.52. The molecule has 3 rings (SSSR count). The molecule has 0 aromatic heterocycles. The van der Waals surface area contributed by atoms with Crippen LogP contribution in [0, 0.1) is 0 Å². The number of hydrogen-bond donors (Lipinski definition) is 3. The maximum absolute atomic E-state index is 11.8. The van der Waals surface area contributed by atoms with Crippen LogP contribution in [0.25, 0.3) is 0 Å². The van der Waals surface area contributed by atoms with Crippen molar-refractivity contribution in [1.82, 2.24) is 5.32 Å². The third-order valence-corrected chi connectivity index (χ3v) is 3.52. The molecule has 0 aliphatic carbocycles. The van der Waals surface area contributed by atoms with Crippen molar-refractivity contribution in [2.45, 2.75) is 13.2 Å². The molecule has 3 N–H and O–H groups in total. The second-order valence-electron chi connectivity index (χ2n) is 4.79. The molecular formula is C16H14N2O3. The van der Waals surface area contributed by atoms with Crippen LogP contribution in [0.5, 0.6) is 0 Å². The van der Waals surface area contributed by atoms with Crippen LogP contribution in [0.3, 0.4) is 0 Å². The Morgan fingerprint density at radius 3 is 2.48 bits per heavy atom. The van der Waals surface area contributed by atoms with Gasteiger partial charge in [-0.3, -0.25) is 14.9 Å². The second-order valence-corrected chi connectivity index (χ2v) is 4.79. The number of aliphatic hydroxyl groups is 1. The average Bonchev–Trinajstić information content (AvgIpc) is 2.81. The smallest absolute Gasteiger partial charge is 0.261 e. The number of anilines is 1. The molecule has 1 heterocycles. The summed E-state index contributed by atoms with van der Waals surface area (Å²) in [5.74, 6) is -0.747. The largest absolute Gasteiger partial charge is 0.392 e. The van der Waals surface area contributed by atoms with Crippen LogP contribution in [0.1, 0.15) is 31.8 Å². The third kappa shape index (κ3) is 2.39. The highest BCUT2D eigenvalue weighted by atomic mass is 16.3. The fourth-order valence-corrected chi connectivity index (χ4v) is 2.44. The van der Waals surface area contributed by atoms with Crippen LogP contribution in [0.15, 0.2) is 42.5 Å². The van der Waals surface area contributed by atoms with Crippen LogP contribution in [-0.2, 0) is 13.2 Å². The summed E-state index contributed by atoms with van der Waals surface area (Å²) in [5.41, 5.74) is 3.16. The van der Waals surface area contributed by atoms with Gasteiger partial charge >= 0.3 is 0 Å². The first kappa shape index (κ1) is 13.3. The molecule has 0 bridgehead atoms. The minimum absolute atomic E-state index is 0.0380. The zero-order valence-electron chi connectivity index (χ0n) is 11.2. The lowest BCUT2D eigenvalue weighted by Crippen LogP contribution is -2.20. The molecule has 1 aliphatic heterocycles. The second kappa shape index (κ2) is 5.38. The molecule has 1 aliphatic rings. The minimum atomic E-state index is -0.381. The van der Waals surface area contributed by atoms with Crippen molar-refractivity contribution < 1.29 is 14.7 Å². The summed E-state index contributed by atoms with van der Waals surface area (Å²) in [6.45, 7) is 0.429. The lowest BCUT2D eigenvalue weighted by molar-refractivity contribution is 0.0880. The summed E-state index contributed by atoms with van der Waals surface area (Å²) >= 11 is 0. The summed E-state index contributed by atoms with van der Waals surface area (Å²) in [6.07, 6.45) is 0. The first-order valence-corrected chi connectivity index (χ1v) is 6.61. The van der Waals surface area contributed by atoms with Crippen molar-refractivity contribution in [3.05, 3.63) is 64.7 Å². The maximum Gasteiger partial charge on any atom is 0.261 e. The van der Waals surface area contributed by atoms with E-state index in [1.807, 2.05) is 24.3 Å². The number of benzene rings is 2. The Bertz CT molecular complexity index is 725. The number of rotatable bonds is 4. The highest BCUT2D eigenvalue weighted by Crippen LogP contribution is 2.25. The molecule has 0 radical (unpaired) electrons. The van der Waals surface area contributed by atoms with Gasteiger partial charge in [-0.25, -0.2) is 0 Å². The van der Waals surface area contributed by atoms with E-state index in [9.17, 15) is 14.7 Å². The van der Waals surface area contributed by atoms with Crippen LogP contribution >= 0.6 is 0 Å². The molecule has 0 atom stereocenters. The lowest BCUT2D eigenvalue weighted by Gasteiger charge is -2.12. The van der Waals surface area contributed by atoms with Gasteiger partial charge in [-0.15, -0.1) is 0 Å². The van der Waals surface area contributed by atoms with Crippen molar-refractivity contribution in [3.8, 4) is 0 Å². The minimum Gasteiger partial charge on any atom is -0.392 e. The van der Waals surface area contributed by atoms with E-state index in [0.29, 0.717) is 23.4 Å². The van der Waals surface area contributed by atoms with Crippen LogP contribution < -0.4 is 10.6 Å². The van der Waals surface area contributed by atoms with E-state index in [1.54, 1.807) is 18.2 Å². The van der Waals surface area contributed by atoms with Gasteiger partial charge in [-0.2, -0.15) is 0 Å². The normalized spacial score (nSPS) is 13.0. The van der Waals surface area contributed by atoms with Crippen molar-refractivity contribution in [3.63, 3.8) is 0 Å². The zero-order chi connectivity index (χ0) is 14.8. The number of hydrogen-bond acceptors (Lipinski definition) is 4. The van der Waals surface area contributed by atoms with E-state index in [4.69, 9.17) is 0 Å². The Balaban J connectivity index is 1.87. The predicted octanol–water partition coefficient (Wildman–Crippen LogP) is 1.67. The maximum atomic E-state index is 11.8. The predicted molar refractivity (Wildman–Crippen MR) is 77.9 cm³/mol. The van der Waals surface area contributed by atoms with Gasteiger partial charge in [-0.1, -0.05) is 30.3 Å². The standard InChI is InChI=1S/C16H14N2O3/c19-9-11-5-2-1-4-10(11)8-17-13-7-3-6-12-14(13)16(21)18-15(12)20/h1-7,17,19H,8-9H2,(H,18,20,21). The van der Waals surface area contributed by atoms with E-state index in [-0.39, 0.29) is 18.4 Å². The quantitative estimate of drug-likeness (QED) is 0.745. The molecule has 0 unspecified atom stereocenters. The van der Waals surface area contributed by atoms with Crippen molar-refractivity contribution in [1.29, 1.82) is 0 Å². The van der Waals surface area contributed by atoms with E-state index in [0.717, 1.165) is 11.1 Å². The molecule has 106 valence electrons. The van der Waals surface area contributed by atoms with E-state index >= 15 is 0 Å². The summed E-state index contributed by atoms with van der Waals surface area (Å²) in [6, 6.07) is 12.6.